The standard InChI is InChI=1S/C10H21BO8P2/c1-3-18-21(15,16)19-9-7(4-5-20(12,13)14)6-8(11)10(9)17-2/h4-5,7-10H,3,6,11H2,1-2H3,(H,15,16)(H2,12,13,14)/b5-4+/t7-,8?,9+,10-/m0/s1. The zero-order chi connectivity index (χ0) is 16.3. The summed E-state index contributed by atoms with van der Waals surface area (Å²) in [5.74, 6) is 0.341. The molecule has 0 aromatic heterocycles. The predicted molar refractivity (Wildman–Crippen MR) is 78.7 cm³/mol. The summed E-state index contributed by atoms with van der Waals surface area (Å²) in [5.41, 5.74) is 0. The Kier molecular flexibility index (Phi) is 6.84. The van der Waals surface area contributed by atoms with Gasteiger partial charge < -0.3 is 19.4 Å². The van der Waals surface area contributed by atoms with E-state index >= 15 is 0 Å². The summed E-state index contributed by atoms with van der Waals surface area (Å²) in [6.45, 7) is 1.57. The molecule has 1 fully saturated rings. The van der Waals surface area contributed by atoms with Gasteiger partial charge >= 0.3 is 15.4 Å². The molecule has 1 aliphatic rings. The Morgan fingerprint density at radius 2 is 1.90 bits per heavy atom. The Morgan fingerprint density at radius 1 is 1.29 bits per heavy atom. The third-order valence-electron chi connectivity index (χ3n) is 3.30. The summed E-state index contributed by atoms with van der Waals surface area (Å²) < 4.78 is 37.8. The van der Waals surface area contributed by atoms with E-state index in [9.17, 15) is 14.0 Å². The molecule has 1 aliphatic carbocycles. The average molecular weight is 342 g/mol. The molecule has 3 N–H and O–H groups in total. The van der Waals surface area contributed by atoms with E-state index in [0.717, 1.165) is 5.82 Å². The second-order valence-electron chi connectivity index (χ2n) is 4.96. The zero-order valence-electron chi connectivity index (χ0n) is 12.2. The number of rotatable bonds is 7. The summed E-state index contributed by atoms with van der Waals surface area (Å²) >= 11 is 0. The molecular weight excluding hydrogens is 321 g/mol. The van der Waals surface area contributed by atoms with Crippen LogP contribution in [0.5, 0.6) is 0 Å². The van der Waals surface area contributed by atoms with Crippen LogP contribution >= 0.6 is 15.4 Å². The molecule has 5 atom stereocenters. The van der Waals surface area contributed by atoms with E-state index in [1.54, 1.807) is 6.92 Å². The van der Waals surface area contributed by atoms with Crippen molar-refractivity contribution >= 4 is 23.3 Å². The van der Waals surface area contributed by atoms with Gasteiger partial charge in [-0.25, -0.2) is 4.57 Å². The van der Waals surface area contributed by atoms with Gasteiger partial charge in [0.2, 0.25) is 0 Å². The highest BCUT2D eigenvalue weighted by molar-refractivity contribution is 7.55. The molecule has 0 spiro atoms. The van der Waals surface area contributed by atoms with Gasteiger partial charge in [-0.2, -0.15) is 0 Å². The molecule has 0 aliphatic heterocycles. The number of ether oxygens (including phenoxy) is 1. The van der Waals surface area contributed by atoms with E-state index in [-0.39, 0.29) is 12.4 Å². The lowest BCUT2D eigenvalue weighted by Gasteiger charge is -2.25. The van der Waals surface area contributed by atoms with Crippen molar-refractivity contribution in [2.75, 3.05) is 13.7 Å². The van der Waals surface area contributed by atoms with Gasteiger partial charge in [-0.05, 0) is 19.2 Å². The molecule has 1 rings (SSSR count). The molecule has 0 bridgehead atoms. The summed E-state index contributed by atoms with van der Waals surface area (Å²) in [4.78, 5) is 27.4. The number of hydrogen-bond acceptors (Lipinski definition) is 5. The number of phosphoric ester groups is 1. The van der Waals surface area contributed by atoms with E-state index in [4.69, 9.17) is 19.0 Å². The first kappa shape index (κ1) is 19.1. The zero-order valence-corrected chi connectivity index (χ0v) is 13.9. The Labute approximate surface area is 124 Å². The number of phosphoric acid groups is 1. The molecule has 2 unspecified atom stereocenters. The van der Waals surface area contributed by atoms with E-state index < -0.39 is 33.5 Å². The molecule has 0 saturated heterocycles. The minimum absolute atomic E-state index is 0.00745. The quantitative estimate of drug-likeness (QED) is 0.455. The molecule has 1 saturated carbocycles. The molecule has 0 aromatic carbocycles. The fourth-order valence-corrected chi connectivity index (χ4v) is 3.94. The van der Waals surface area contributed by atoms with Crippen LogP contribution in [0.4, 0.5) is 0 Å². The third-order valence-corrected chi connectivity index (χ3v) is 4.95. The van der Waals surface area contributed by atoms with E-state index in [2.05, 4.69) is 4.52 Å². The van der Waals surface area contributed by atoms with Gasteiger partial charge in [0, 0.05) is 18.8 Å². The van der Waals surface area contributed by atoms with Crippen LogP contribution in [0.2, 0.25) is 5.82 Å². The molecular formula is C10H21BO8P2. The van der Waals surface area contributed by atoms with Crippen molar-refractivity contribution in [2.24, 2.45) is 5.92 Å². The number of methoxy groups -OCH3 is 1. The molecule has 0 amide bonds. The van der Waals surface area contributed by atoms with Gasteiger partial charge in [0.05, 0.1) is 12.7 Å². The Morgan fingerprint density at radius 3 is 2.38 bits per heavy atom. The van der Waals surface area contributed by atoms with Crippen molar-refractivity contribution in [1.29, 1.82) is 0 Å². The maximum absolute atomic E-state index is 11.8. The Bertz CT molecular complexity index is 464. The topological polar surface area (TPSA) is 123 Å². The second kappa shape index (κ2) is 7.53. The first-order valence-corrected chi connectivity index (χ1v) is 9.70. The SMILES string of the molecule is BC1C[C@H](/C=C/P(=O)(O)O)[C@@H](OP(=O)(O)OCC)[C@H]1OC. The molecule has 0 aromatic rings. The van der Waals surface area contributed by atoms with E-state index in [1.807, 2.05) is 7.85 Å². The highest BCUT2D eigenvalue weighted by Gasteiger charge is 2.45. The van der Waals surface area contributed by atoms with Crippen molar-refractivity contribution in [1.82, 2.24) is 0 Å². The van der Waals surface area contributed by atoms with Crippen LogP contribution in [0.1, 0.15) is 13.3 Å². The predicted octanol–water partition coefficient (Wildman–Crippen LogP) is 0.656. The van der Waals surface area contributed by atoms with Crippen LogP contribution in [-0.4, -0.2) is 48.5 Å². The minimum Gasteiger partial charge on any atom is -0.379 e. The largest absolute Gasteiger partial charge is 0.472 e. The van der Waals surface area contributed by atoms with Gasteiger partial charge in [0.15, 0.2) is 0 Å². The highest BCUT2D eigenvalue weighted by atomic mass is 31.2. The molecule has 21 heavy (non-hydrogen) atoms. The lowest BCUT2D eigenvalue weighted by Crippen LogP contribution is -2.30. The summed E-state index contributed by atoms with van der Waals surface area (Å²) in [6.07, 6.45) is 0.561. The summed E-state index contributed by atoms with van der Waals surface area (Å²) in [5, 5.41) is 0. The van der Waals surface area contributed by atoms with Crippen molar-refractivity contribution in [3.05, 3.63) is 11.9 Å². The lowest BCUT2D eigenvalue weighted by molar-refractivity contribution is -0.00588. The molecule has 0 heterocycles. The van der Waals surface area contributed by atoms with Gasteiger partial charge in [-0.3, -0.25) is 13.6 Å². The van der Waals surface area contributed by atoms with E-state index in [0.29, 0.717) is 6.42 Å². The van der Waals surface area contributed by atoms with Crippen molar-refractivity contribution < 1.29 is 37.6 Å². The van der Waals surface area contributed by atoms with E-state index in [1.165, 1.54) is 13.2 Å². The van der Waals surface area contributed by atoms with Gasteiger partial charge in [0.1, 0.15) is 14.0 Å². The van der Waals surface area contributed by atoms with Gasteiger partial charge in [-0.15, -0.1) is 0 Å². The highest BCUT2D eigenvalue weighted by Crippen LogP contribution is 2.51. The van der Waals surface area contributed by atoms with Crippen molar-refractivity contribution in [3.63, 3.8) is 0 Å². The van der Waals surface area contributed by atoms with Crippen LogP contribution in [0.3, 0.4) is 0 Å². The number of hydrogen-bond donors (Lipinski definition) is 3. The minimum atomic E-state index is -4.30. The van der Waals surface area contributed by atoms with Crippen LogP contribution in [0, 0.1) is 5.92 Å². The van der Waals surface area contributed by atoms with Crippen molar-refractivity contribution in [3.8, 4) is 0 Å². The third kappa shape index (κ3) is 5.97. The van der Waals surface area contributed by atoms with Gasteiger partial charge in [-0.1, -0.05) is 6.08 Å². The summed E-state index contributed by atoms with van der Waals surface area (Å²) in [7, 11) is -5.20. The fraction of sp³-hybridized carbons (Fsp3) is 0.800. The maximum Gasteiger partial charge on any atom is 0.472 e. The van der Waals surface area contributed by atoms with Crippen LogP contribution in [0.15, 0.2) is 11.9 Å². The van der Waals surface area contributed by atoms with Crippen LogP contribution in [0.25, 0.3) is 0 Å². The van der Waals surface area contributed by atoms with Crippen molar-refractivity contribution in [2.45, 2.75) is 31.4 Å². The normalized spacial score (nSPS) is 33.4. The second-order valence-corrected chi connectivity index (χ2v) is 7.85. The maximum atomic E-state index is 11.8. The molecule has 11 heteroatoms. The monoisotopic (exact) mass is 342 g/mol. The average Bonchev–Trinajstić information content (AvgIpc) is 2.60. The van der Waals surface area contributed by atoms with Crippen LogP contribution < -0.4 is 0 Å². The lowest BCUT2D eigenvalue weighted by atomic mass is 9.83. The first-order chi connectivity index (χ1) is 9.59. The molecule has 122 valence electrons. The molecule has 8 nitrogen and oxygen atoms in total. The van der Waals surface area contributed by atoms with Crippen LogP contribution in [-0.2, 0) is 22.9 Å². The molecule has 0 radical (unpaired) electrons. The smallest absolute Gasteiger partial charge is 0.379 e. The summed E-state index contributed by atoms with van der Waals surface area (Å²) in [6, 6.07) is 0. The van der Waals surface area contributed by atoms with Gasteiger partial charge in [0.25, 0.3) is 0 Å². The fourth-order valence-electron chi connectivity index (χ4n) is 2.53. The Hall–Kier alpha value is 0.0249. The Balaban J connectivity index is 2.93. The first-order valence-electron chi connectivity index (χ1n) is 6.52.